The van der Waals surface area contributed by atoms with Gasteiger partial charge in [0.1, 0.15) is 5.75 Å². The number of hydrogen-bond donors (Lipinski definition) is 2. The van der Waals surface area contributed by atoms with Crippen molar-refractivity contribution in [1.29, 1.82) is 0 Å². The highest BCUT2D eigenvalue weighted by atomic mass is 16.3. The molecule has 0 spiro atoms. The van der Waals surface area contributed by atoms with Gasteiger partial charge in [-0.2, -0.15) is 10.2 Å². The number of azo groups is 1. The Kier molecular flexibility index (Phi) is 3.79. The molecule has 0 aliphatic rings. The maximum absolute atomic E-state index is 11.2. The number of rotatable bonds is 3. The average Bonchev–Trinajstić information content (AvgIpc) is 2.42. The Labute approximate surface area is 116 Å². The summed E-state index contributed by atoms with van der Waals surface area (Å²) in [5.74, 6) is -0.00994. The summed E-state index contributed by atoms with van der Waals surface area (Å²) < 4.78 is 0. The van der Waals surface area contributed by atoms with Gasteiger partial charge in [-0.15, -0.1) is 0 Å². The van der Waals surface area contributed by atoms with Crippen molar-refractivity contribution in [3.05, 3.63) is 47.5 Å². The van der Waals surface area contributed by atoms with Crippen molar-refractivity contribution in [2.45, 2.75) is 13.8 Å². The molecule has 0 amide bonds. The minimum atomic E-state index is -0.0172. The maximum atomic E-state index is 11.2. The third-order valence-corrected chi connectivity index (χ3v) is 2.89. The Morgan fingerprint density at radius 2 is 1.80 bits per heavy atom. The molecule has 0 fully saturated rings. The van der Waals surface area contributed by atoms with Gasteiger partial charge in [0, 0.05) is 11.6 Å². The number of phenolic OH excluding ortho intramolecular Hbond substituents is 1. The molecule has 0 aromatic heterocycles. The zero-order valence-corrected chi connectivity index (χ0v) is 11.3. The molecule has 0 bridgehead atoms. The number of benzene rings is 2. The first-order valence-corrected chi connectivity index (χ1v) is 6.09. The molecule has 3 N–H and O–H groups in total. The van der Waals surface area contributed by atoms with Crippen molar-refractivity contribution in [2.75, 3.05) is 5.73 Å². The SMILES string of the molecule is CC(=O)c1ccc(N=Nc2cc(O)c(N)cc2C)cc1. The number of aryl methyl sites for hydroxylation is 1. The van der Waals surface area contributed by atoms with Crippen LogP contribution in [0, 0.1) is 6.92 Å². The smallest absolute Gasteiger partial charge is 0.159 e. The molecule has 20 heavy (non-hydrogen) atoms. The summed E-state index contributed by atoms with van der Waals surface area (Å²) in [5, 5.41) is 17.7. The zero-order chi connectivity index (χ0) is 14.7. The number of carbonyl (C=O) groups excluding carboxylic acids is 1. The van der Waals surface area contributed by atoms with Crippen molar-refractivity contribution >= 4 is 22.8 Å². The number of aromatic hydroxyl groups is 1. The number of Topliss-reactive ketones (excluding diaryl/α,β-unsaturated/α-hetero) is 1. The summed E-state index contributed by atoms with van der Waals surface area (Å²) >= 11 is 0. The number of nitrogen functional groups attached to an aromatic ring is 1. The fraction of sp³-hybridized carbons (Fsp3) is 0.133. The van der Waals surface area contributed by atoms with Gasteiger partial charge in [-0.3, -0.25) is 4.79 Å². The Bertz CT molecular complexity index is 676. The lowest BCUT2D eigenvalue weighted by Gasteiger charge is -2.03. The minimum Gasteiger partial charge on any atom is -0.506 e. The highest BCUT2D eigenvalue weighted by molar-refractivity contribution is 5.94. The molecule has 0 saturated heterocycles. The van der Waals surface area contributed by atoms with E-state index in [0.717, 1.165) is 5.56 Å². The summed E-state index contributed by atoms with van der Waals surface area (Å²) in [5.41, 5.74) is 8.53. The highest BCUT2D eigenvalue weighted by Gasteiger charge is 2.03. The van der Waals surface area contributed by atoms with Crippen LogP contribution in [0.2, 0.25) is 0 Å². The van der Waals surface area contributed by atoms with Gasteiger partial charge < -0.3 is 10.8 Å². The number of hydrogen-bond acceptors (Lipinski definition) is 5. The first-order chi connectivity index (χ1) is 9.47. The van der Waals surface area contributed by atoms with E-state index in [4.69, 9.17) is 5.73 Å². The van der Waals surface area contributed by atoms with Gasteiger partial charge in [0.25, 0.3) is 0 Å². The molecule has 0 atom stereocenters. The predicted octanol–water partition coefficient (Wildman–Crippen LogP) is 3.90. The number of nitrogens with two attached hydrogens (primary N) is 1. The number of ketones is 1. The third-order valence-electron chi connectivity index (χ3n) is 2.89. The molecule has 102 valence electrons. The summed E-state index contributed by atoms with van der Waals surface area (Å²) in [6.45, 7) is 3.35. The van der Waals surface area contributed by atoms with E-state index in [9.17, 15) is 9.90 Å². The second-order valence-electron chi connectivity index (χ2n) is 4.50. The van der Waals surface area contributed by atoms with E-state index >= 15 is 0 Å². The maximum Gasteiger partial charge on any atom is 0.159 e. The fourth-order valence-corrected chi connectivity index (χ4v) is 1.69. The van der Waals surface area contributed by atoms with Crippen molar-refractivity contribution in [2.24, 2.45) is 10.2 Å². The minimum absolute atomic E-state index is 0.00721. The van der Waals surface area contributed by atoms with Crippen LogP contribution in [0.4, 0.5) is 17.1 Å². The fourth-order valence-electron chi connectivity index (χ4n) is 1.69. The molecule has 0 aliphatic carbocycles. The lowest BCUT2D eigenvalue weighted by molar-refractivity contribution is 0.101. The van der Waals surface area contributed by atoms with Crippen molar-refractivity contribution in [1.82, 2.24) is 0 Å². The monoisotopic (exact) mass is 269 g/mol. The van der Waals surface area contributed by atoms with Crippen LogP contribution < -0.4 is 5.73 Å². The average molecular weight is 269 g/mol. The Balaban J connectivity index is 2.25. The molecular weight excluding hydrogens is 254 g/mol. The van der Waals surface area contributed by atoms with Crippen LogP contribution in [-0.4, -0.2) is 10.9 Å². The van der Waals surface area contributed by atoms with Crippen LogP contribution >= 0.6 is 0 Å². The van der Waals surface area contributed by atoms with Gasteiger partial charge in [-0.1, -0.05) is 0 Å². The van der Waals surface area contributed by atoms with Crippen molar-refractivity contribution in [3.63, 3.8) is 0 Å². The normalized spacial score (nSPS) is 10.9. The summed E-state index contributed by atoms with van der Waals surface area (Å²) in [6, 6.07) is 9.94. The van der Waals surface area contributed by atoms with Crippen LogP contribution in [-0.2, 0) is 0 Å². The molecule has 0 saturated carbocycles. The second-order valence-corrected chi connectivity index (χ2v) is 4.50. The lowest BCUT2D eigenvalue weighted by Crippen LogP contribution is -1.89. The number of phenols is 1. The van der Waals surface area contributed by atoms with Crippen LogP contribution in [0.15, 0.2) is 46.6 Å². The van der Waals surface area contributed by atoms with Gasteiger partial charge >= 0.3 is 0 Å². The largest absolute Gasteiger partial charge is 0.506 e. The van der Waals surface area contributed by atoms with E-state index in [1.54, 1.807) is 30.3 Å². The Hall–Kier alpha value is -2.69. The van der Waals surface area contributed by atoms with Gasteiger partial charge in [-0.25, -0.2) is 0 Å². The van der Waals surface area contributed by atoms with E-state index in [1.165, 1.54) is 13.0 Å². The summed E-state index contributed by atoms with van der Waals surface area (Å²) in [4.78, 5) is 11.2. The van der Waals surface area contributed by atoms with E-state index < -0.39 is 0 Å². The first kappa shape index (κ1) is 13.7. The first-order valence-electron chi connectivity index (χ1n) is 6.09. The predicted molar refractivity (Wildman–Crippen MR) is 77.9 cm³/mol. The van der Waals surface area contributed by atoms with Crippen molar-refractivity contribution < 1.29 is 9.90 Å². The molecule has 0 unspecified atom stereocenters. The lowest BCUT2D eigenvalue weighted by atomic mass is 10.1. The van der Waals surface area contributed by atoms with E-state index in [-0.39, 0.29) is 11.5 Å². The Morgan fingerprint density at radius 1 is 1.15 bits per heavy atom. The summed E-state index contributed by atoms with van der Waals surface area (Å²) in [7, 11) is 0. The molecular formula is C15H15N3O2. The standard InChI is InChI=1S/C15H15N3O2/c1-9-7-13(16)15(20)8-14(9)18-17-12-5-3-11(4-6-12)10(2)19/h3-8,20H,16H2,1-2H3. The zero-order valence-electron chi connectivity index (χ0n) is 11.3. The van der Waals surface area contributed by atoms with Gasteiger partial charge in [0.05, 0.1) is 17.1 Å². The van der Waals surface area contributed by atoms with Gasteiger partial charge in [-0.05, 0) is 49.7 Å². The Morgan fingerprint density at radius 3 is 2.40 bits per heavy atom. The molecule has 0 aliphatic heterocycles. The summed E-state index contributed by atoms with van der Waals surface area (Å²) in [6.07, 6.45) is 0. The quantitative estimate of drug-likeness (QED) is 0.383. The number of nitrogens with zero attached hydrogens (tertiary/aromatic N) is 2. The van der Waals surface area contributed by atoms with E-state index in [1.807, 2.05) is 6.92 Å². The molecule has 0 radical (unpaired) electrons. The number of carbonyl (C=O) groups is 1. The van der Waals surface area contributed by atoms with Crippen LogP contribution in [0.5, 0.6) is 5.75 Å². The highest BCUT2D eigenvalue weighted by Crippen LogP contribution is 2.30. The molecule has 2 aromatic rings. The van der Waals surface area contributed by atoms with Crippen LogP contribution in [0.1, 0.15) is 22.8 Å². The van der Waals surface area contributed by atoms with Crippen molar-refractivity contribution in [3.8, 4) is 5.75 Å². The molecule has 5 heteroatoms. The van der Waals surface area contributed by atoms with Crippen LogP contribution in [0.3, 0.4) is 0 Å². The second kappa shape index (κ2) is 5.52. The molecule has 2 aromatic carbocycles. The van der Waals surface area contributed by atoms with Crippen LogP contribution in [0.25, 0.3) is 0 Å². The number of anilines is 1. The molecule has 0 heterocycles. The van der Waals surface area contributed by atoms with Gasteiger partial charge in [0.15, 0.2) is 5.78 Å². The molecule has 5 nitrogen and oxygen atoms in total. The molecule has 2 rings (SSSR count). The van der Waals surface area contributed by atoms with E-state index in [2.05, 4.69) is 10.2 Å². The van der Waals surface area contributed by atoms with Gasteiger partial charge in [0.2, 0.25) is 0 Å². The van der Waals surface area contributed by atoms with E-state index in [0.29, 0.717) is 22.6 Å². The topological polar surface area (TPSA) is 88.0 Å². The third kappa shape index (κ3) is 3.00.